The lowest BCUT2D eigenvalue weighted by molar-refractivity contribution is -0.228. The highest BCUT2D eigenvalue weighted by Crippen LogP contribution is 2.43. The van der Waals surface area contributed by atoms with E-state index in [4.69, 9.17) is 0 Å². The van der Waals surface area contributed by atoms with Crippen molar-refractivity contribution in [2.75, 3.05) is 11.4 Å². The summed E-state index contributed by atoms with van der Waals surface area (Å²) in [5.41, 5.74) is -3.73. The Hall–Kier alpha value is -3.68. The van der Waals surface area contributed by atoms with Crippen LogP contribution in [-0.2, 0) is 15.3 Å². The van der Waals surface area contributed by atoms with Gasteiger partial charge in [0.25, 0.3) is 5.91 Å². The van der Waals surface area contributed by atoms with Crippen molar-refractivity contribution >= 4 is 17.5 Å². The number of rotatable bonds is 7. The molecule has 1 saturated heterocycles. The molecule has 2 amide bonds. The molecule has 2 fully saturated rings. The zero-order chi connectivity index (χ0) is 28.2. The SMILES string of the molecule is CC(F)(c1ccc(N(C(=O)C2CCCN2C#N)C(C(=O)NC2CCCCC2)c2cccnc2)cc1)C(F)(F)F. The molecule has 1 N–H and O–H groups in total. The molecule has 1 aromatic carbocycles. The molecule has 2 heterocycles. The fraction of sp³-hybridized carbons (Fsp3) is 0.500. The first-order valence-electron chi connectivity index (χ1n) is 13.1. The van der Waals surface area contributed by atoms with Crippen molar-refractivity contribution in [2.45, 2.75) is 81.8 Å². The van der Waals surface area contributed by atoms with Crippen molar-refractivity contribution in [3.8, 4) is 6.19 Å². The molecular weight excluding hydrogens is 514 g/mol. The first-order valence-corrected chi connectivity index (χ1v) is 13.1. The summed E-state index contributed by atoms with van der Waals surface area (Å²) in [7, 11) is 0. The summed E-state index contributed by atoms with van der Waals surface area (Å²) in [6, 6.07) is 5.49. The molecule has 7 nitrogen and oxygen atoms in total. The molecule has 2 aliphatic rings. The second-order valence-corrected chi connectivity index (χ2v) is 10.2. The number of likely N-dealkylation sites (tertiary alicyclic amines) is 1. The molecule has 3 unspecified atom stereocenters. The molecule has 0 spiro atoms. The Morgan fingerprint density at radius 2 is 1.77 bits per heavy atom. The topological polar surface area (TPSA) is 89.3 Å². The number of pyridine rings is 1. The van der Waals surface area contributed by atoms with Gasteiger partial charge >= 0.3 is 6.18 Å². The molecule has 0 bridgehead atoms. The van der Waals surface area contributed by atoms with Gasteiger partial charge in [-0.3, -0.25) is 24.4 Å². The van der Waals surface area contributed by atoms with E-state index in [0.717, 1.165) is 44.2 Å². The van der Waals surface area contributed by atoms with Crippen molar-refractivity contribution in [2.24, 2.45) is 0 Å². The quantitative estimate of drug-likeness (QED) is 0.377. The third kappa shape index (κ3) is 6.00. The average molecular weight is 546 g/mol. The van der Waals surface area contributed by atoms with Crippen molar-refractivity contribution < 1.29 is 27.2 Å². The molecule has 4 rings (SSSR count). The highest BCUT2D eigenvalue weighted by atomic mass is 19.4. The zero-order valence-electron chi connectivity index (χ0n) is 21.6. The number of anilines is 1. The zero-order valence-corrected chi connectivity index (χ0v) is 21.6. The standard InChI is InChI=1S/C28H31F4N5O2/c1-27(29,28(30,31)32)20-11-13-22(14-12-20)37(26(39)23-10-6-16-36(23)18-33)24(19-7-5-15-34-17-19)25(38)35-21-8-3-2-4-9-21/h5,7,11-15,17,21,23-24H,2-4,6,8-10,16H2,1H3,(H,35,38). The summed E-state index contributed by atoms with van der Waals surface area (Å²) in [4.78, 5) is 34.5. The molecule has 0 radical (unpaired) electrons. The average Bonchev–Trinajstić information content (AvgIpc) is 3.41. The van der Waals surface area contributed by atoms with E-state index in [1.165, 1.54) is 34.3 Å². The minimum Gasteiger partial charge on any atom is -0.351 e. The van der Waals surface area contributed by atoms with Crippen molar-refractivity contribution in [1.82, 2.24) is 15.2 Å². The molecule has 3 atom stereocenters. The summed E-state index contributed by atoms with van der Waals surface area (Å²) in [5, 5.41) is 12.6. The first kappa shape index (κ1) is 28.3. The van der Waals surface area contributed by atoms with Crippen LogP contribution < -0.4 is 10.2 Å². The van der Waals surface area contributed by atoms with Gasteiger partial charge in [-0.2, -0.15) is 18.4 Å². The van der Waals surface area contributed by atoms with Crippen LogP contribution in [-0.4, -0.2) is 46.5 Å². The van der Waals surface area contributed by atoms with E-state index in [0.29, 0.717) is 31.9 Å². The number of nitrogens with zero attached hydrogens (tertiary/aromatic N) is 4. The maximum atomic E-state index is 14.7. The summed E-state index contributed by atoms with van der Waals surface area (Å²) >= 11 is 0. The molecule has 11 heteroatoms. The van der Waals surface area contributed by atoms with E-state index in [9.17, 15) is 32.4 Å². The molecule has 2 aromatic rings. The fourth-order valence-corrected chi connectivity index (χ4v) is 5.29. The second kappa shape index (κ2) is 11.6. The smallest absolute Gasteiger partial charge is 0.351 e. The lowest BCUT2D eigenvalue weighted by Crippen LogP contribution is -2.51. The van der Waals surface area contributed by atoms with Crippen LogP contribution in [0, 0.1) is 11.5 Å². The minimum atomic E-state index is -5.14. The summed E-state index contributed by atoms with van der Waals surface area (Å²) < 4.78 is 54.7. The van der Waals surface area contributed by atoms with Crippen LogP contribution in [0.1, 0.15) is 69.0 Å². The Morgan fingerprint density at radius 1 is 1.08 bits per heavy atom. The van der Waals surface area contributed by atoms with Crippen molar-refractivity contribution in [3.05, 3.63) is 59.9 Å². The molecule has 1 aliphatic heterocycles. The van der Waals surface area contributed by atoms with Gasteiger partial charge in [0.15, 0.2) is 6.19 Å². The molecular formula is C28H31F4N5O2. The van der Waals surface area contributed by atoms with Crippen LogP contribution in [0.4, 0.5) is 23.2 Å². The number of carbonyl (C=O) groups excluding carboxylic acids is 2. The number of nitriles is 1. The van der Waals surface area contributed by atoms with Gasteiger partial charge in [-0.05, 0) is 56.4 Å². The number of alkyl halides is 4. The van der Waals surface area contributed by atoms with Crippen molar-refractivity contribution in [1.29, 1.82) is 5.26 Å². The maximum Gasteiger partial charge on any atom is 0.426 e. The van der Waals surface area contributed by atoms with Crippen LogP contribution in [0.2, 0.25) is 0 Å². The molecule has 1 aliphatic carbocycles. The fourth-order valence-electron chi connectivity index (χ4n) is 5.29. The van der Waals surface area contributed by atoms with E-state index in [2.05, 4.69) is 10.3 Å². The van der Waals surface area contributed by atoms with E-state index >= 15 is 0 Å². The summed E-state index contributed by atoms with van der Waals surface area (Å²) in [5.74, 6) is -1.01. The Balaban J connectivity index is 1.79. The van der Waals surface area contributed by atoms with E-state index in [1.807, 2.05) is 6.19 Å². The Bertz CT molecular complexity index is 1190. The van der Waals surface area contributed by atoms with Gasteiger partial charge in [0, 0.05) is 36.2 Å². The Kier molecular flexibility index (Phi) is 8.42. The van der Waals surface area contributed by atoms with Crippen LogP contribution >= 0.6 is 0 Å². The largest absolute Gasteiger partial charge is 0.426 e. The van der Waals surface area contributed by atoms with Gasteiger partial charge in [-0.25, -0.2) is 4.39 Å². The number of amides is 2. The van der Waals surface area contributed by atoms with Crippen LogP contribution in [0.3, 0.4) is 0 Å². The second-order valence-electron chi connectivity index (χ2n) is 10.2. The lowest BCUT2D eigenvalue weighted by Gasteiger charge is -2.35. The Morgan fingerprint density at radius 3 is 2.36 bits per heavy atom. The summed E-state index contributed by atoms with van der Waals surface area (Å²) in [6.45, 7) is 0.807. The predicted octanol–water partition coefficient (Wildman–Crippen LogP) is 5.30. The monoisotopic (exact) mass is 545 g/mol. The minimum absolute atomic E-state index is 0.0779. The Labute approximate surface area is 224 Å². The van der Waals surface area contributed by atoms with Crippen LogP contribution in [0.25, 0.3) is 0 Å². The summed E-state index contributed by atoms with van der Waals surface area (Å²) in [6.07, 6.45) is 5.43. The molecule has 208 valence electrons. The van der Waals surface area contributed by atoms with Crippen molar-refractivity contribution in [3.63, 3.8) is 0 Å². The number of carbonyl (C=O) groups is 2. The predicted molar refractivity (Wildman–Crippen MR) is 136 cm³/mol. The number of nitrogens with one attached hydrogen (secondary N) is 1. The van der Waals surface area contributed by atoms with Crippen LogP contribution in [0.5, 0.6) is 0 Å². The molecule has 1 aromatic heterocycles. The van der Waals surface area contributed by atoms with Gasteiger partial charge < -0.3 is 5.32 Å². The number of aromatic nitrogens is 1. The normalized spacial score (nSPS) is 20.5. The molecule has 39 heavy (non-hydrogen) atoms. The van der Waals surface area contributed by atoms with Gasteiger partial charge in [-0.1, -0.05) is 37.5 Å². The highest BCUT2D eigenvalue weighted by Gasteiger charge is 2.53. The van der Waals surface area contributed by atoms with Gasteiger partial charge in [-0.15, -0.1) is 0 Å². The third-order valence-electron chi connectivity index (χ3n) is 7.58. The number of benzene rings is 1. The van der Waals surface area contributed by atoms with E-state index in [1.54, 1.807) is 12.1 Å². The third-order valence-corrected chi connectivity index (χ3v) is 7.58. The van der Waals surface area contributed by atoms with Crippen LogP contribution in [0.15, 0.2) is 48.8 Å². The van der Waals surface area contributed by atoms with Gasteiger partial charge in [0.1, 0.15) is 12.1 Å². The van der Waals surface area contributed by atoms with E-state index < -0.39 is 41.3 Å². The molecule has 1 saturated carbocycles. The maximum absolute atomic E-state index is 14.7. The highest BCUT2D eigenvalue weighted by molar-refractivity contribution is 6.04. The van der Waals surface area contributed by atoms with Gasteiger partial charge in [0.05, 0.1) is 0 Å². The van der Waals surface area contributed by atoms with Gasteiger partial charge in [0.2, 0.25) is 11.6 Å². The number of halogens is 4. The number of hydrogen-bond acceptors (Lipinski definition) is 5. The number of hydrogen-bond donors (Lipinski definition) is 1. The first-order chi connectivity index (χ1) is 18.5. The lowest BCUT2D eigenvalue weighted by atomic mass is 9.94. The van der Waals surface area contributed by atoms with E-state index in [-0.39, 0.29) is 11.7 Å².